The van der Waals surface area contributed by atoms with Crippen LogP contribution >= 0.6 is 27.5 Å². The van der Waals surface area contributed by atoms with Gasteiger partial charge in [-0.3, -0.25) is 4.79 Å². The Morgan fingerprint density at radius 2 is 1.97 bits per heavy atom. The first-order valence-corrected chi connectivity index (χ1v) is 10.3. The predicted molar refractivity (Wildman–Crippen MR) is 119 cm³/mol. The first-order chi connectivity index (χ1) is 14.9. The number of furan rings is 1. The maximum atomic E-state index is 12.3. The Kier molecular flexibility index (Phi) is 7.54. The third-order valence-electron chi connectivity index (χ3n) is 4.01. The van der Waals surface area contributed by atoms with Crippen LogP contribution in [-0.2, 0) is 9.53 Å². The molecule has 2 aromatic carbocycles. The van der Waals surface area contributed by atoms with E-state index in [0.29, 0.717) is 44.1 Å². The van der Waals surface area contributed by atoms with E-state index in [9.17, 15) is 9.59 Å². The standard InChI is InChI=1S/C21H18BrClN2O6/c1-3-29-17-8-13(15(22)9-18(17)30-11-20(26)28-2)10-24-25-21(27)19-7-12-6-14(23)4-5-16(12)31-19/h4-10H,3,11H2,1-2H3,(H,25,27)/b24-10+. The van der Waals surface area contributed by atoms with Crippen LogP contribution in [0.4, 0.5) is 0 Å². The molecule has 1 heterocycles. The fraction of sp³-hybridized carbons (Fsp3) is 0.190. The highest BCUT2D eigenvalue weighted by atomic mass is 79.9. The van der Waals surface area contributed by atoms with Gasteiger partial charge in [-0.25, -0.2) is 10.2 Å². The molecule has 0 unspecified atom stereocenters. The van der Waals surface area contributed by atoms with Crippen molar-refractivity contribution >= 4 is 56.6 Å². The van der Waals surface area contributed by atoms with Crippen LogP contribution in [-0.4, -0.2) is 38.4 Å². The fourth-order valence-corrected chi connectivity index (χ4v) is 3.17. The van der Waals surface area contributed by atoms with Crippen LogP contribution in [0.5, 0.6) is 11.5 Å². The number of nitrogens with one attached hydrogen (secondary N) is 1. The number of ether oxygens (including phenoxy) is 3. The third kappa shape index (κ3) is 5.77. The molecule has 3 rings (SSSR count). The van der Waals surface area contributed by atoms with E-state index in [4.69, 9.17) is 25.5 Å². The summed E-state index contributed by atoms with van der Waals surface area (Å²) in [5.74, 6) is -0.143. The van der Waals surface area contributed by atoms with Crippen molar-refractivity contribution in [3.63, 3.8) is 0 Å². The van der Waals surface area contributed by atoms with Crippen molar-refractivity contribution in [2.45, 2.75) is 6.92 Å². The second-order valence-electron chi connectivity index (χ2n) is 6.11. The lowest BCUT2D eigenvalue weighted by atomic mass is 10.2. The smallest absolute Gasteiger partial charge is 0.343 e. The minimum atomic E-state index is -0.514. The van der Waals surface area contributed by atoms with Crippen molar-refractivity contribution in [1.29, 1.82) is 0 Å². The minimum Gasteiger partial charge on any atom is -0.490 e. The van der Waals surface area contributed by atoms with Crippen molar-refractivity contribution in [3.05, 3.63) is 57.2 Å². The molecule has 0 spiro atoms. The monoisotopic (exact) mass is 508 g/mol. The molecular formula is C21H18BrClN2O6. The average Bonchev–Trinajstić information content (AvgIpc) is 3.17. The van der Waals surface area contributed by atoms with Gasteiger partial charge < -0.3 is 18.6 Å². The molecule has 0 saturated carbocycles. The number of esters is 1. The molecule has 3 aromatic rings. The van der Waals surface area contributed by atoms with Gasteiger partial charge in [0.25, 0.3) is 0 Å². The number of fused-ring (bicyclic) bond motifs is 1. The number of rotatable bonds is 8. The summed E-state index contributed by atoms with van der Waals surface area (Å²) in [6, 6.07) is 9.96. The number of nitrogens with zero attached hydrogens (tertiary/aromatic N) is 1. The van der Waals surface area contributed by atoms with Crippen LogP contribution < -0.4 is 14.9 Å². The van der Waals surface area contributed by atoms with Gasteiger partial charge in [0.05, 0.1) is 19.9 Å². The molecule has 0 aliphatic rings. The van der Waals surface area contributed by atoms with Gasteiger partial charge in [-0.1, -0.05) is 11.6 Å². The maximum Gasteiger partial charge on any atom is 0.343 e. The van der Waals surface area contributed by atoms with Crippen LogP contribution in [0.3, 0.4) is 0 Å². The van der Waals surface area contributed by atoms with Crippen LogP contribution in [0.15, 0.2) is 50.4 Å². The van der Waals surface area contributed by atoms with Gasteiger partial charge in [-0.05, 0) is 59.3 Å². The van der Waals surface area contributed by atoms with Crippen molar-refractivity contribution in [3.8, 4) is 11.5 Å². The second-order valence-corrected chi connectivity index (χ2v) is 7.40. The Hall–Kier alpha value is -3.04. The lowest BCUT2D eigenvalue weighted by Gasteiger charge is -2.13. The summed E-state index contributed by atoms with van der Waals surface area (Å²) in [7, 11) is 1.28. The van der Waals surface area contributed by atoms with Gasteiger partial charge in [0.2, 0.25) is 0 Å². The van der Waals surface area contributed by atoms with Gasteiger partial charge in [0.15, 0.2) is 23.9 Å². The van der Waals surface area contributed by atoms with Gasteiger partial charge in [-0.15, -0.1) is 0 Å². The van der Waals surface area contributed by atoms with E-state index in [0.717, 1.165) is 0 Å². The van der Waals surface area contributed by atoms with Gasteiger partial charge in [0.1, 0.15) is 5.58 Å². The van der Waals surface area contributed by atoms with E-state index >= 15 is 0 Å². The van der Waals surface area contributed by atoms with E-state index in [1.807, 2.05) is 6.92 Å². The Bertz CT molecular complexity index is 1140. The zero-order valence-corrected chi connectivity index (χ0v) is 19.0. The van der Waals surface area contributed by atoms with E-state index in [1.165, 1.54) is 13.3 Å². The fourth-order valence-electron chi connectivity index (χ4n) is 2.57. The number of hydrogen-bond donors (Lipinski definition) is 1. The number of hydrazone groups is 1. The van der Waals surface area contributed by atoms with Gasteiger partial charge in [0, 0.05) is 20.4 Å². The summed E-state index contributed by atoms with van der Waals surface area (Å²) >= 11 is 9.36. The highest BCUT2D eigenvalue weighted by Crippen LogP contribution is 2.33. The molecule has 0 bridgehead atoms. The SMILES string of the molecule is CCOc1cc(/C=N/NC(=O)c2cc3cc(Cl)ccc3o2)c(Br)cc1OCC(=O)OC. The summed E-state index contributed by atoms with van der Waals surface area (Å²) < 4.78 is 21.7. The van der Waals surface area contributed by atoms with Crippen molar-refractivity contribution in [1.82, 2.24) is 5.43 Å². The molecule has 8 nitrogen and oxygen atoms in total. The third-order valence-corrected chi connectivity index (χ3v) is 4.93. The number of halogens is 2. The number of amides is 1. The minimum absolute atomic E-state index is 0.107. The quantitative estimate of drug-likeness (QED) is 0.271. The predicted octanol–water partition coefficient (Wildman–Crippen LogP) is 4.56. The van der Waals surface area contributed by atoms with Crippen molar-refractivity contribution in [2.75, 3.05) is 20.3 Å². The molecule has 1 aromatic heterocycles. The molecule has 0 aliphatic heterocycles. The van der Waals surface area contributed by atoms with Crippen LogP contribution in [0.25, 0.3) is 11.0 Å². The van der Waals surface area contributed by atoms with Crippen LogP contribution in [0, 0.1) is 0 Å². The molecule has 10 heteroatoms. The Morgan fingerprint density at radius 3 is 2.71 bits per heavy atom. The summed E-state index contributed by atoms with van der Waals surface area (Å²) in [6.07, 6.45) is 1.44. The highest BCUT2D eigenvalue weighted by molar-refractivity contribution is 9.10. The number of methoxy groups -OCH3 is 1. The lowest BCUT2D eigenvalue weighted by Crippen LogP contribution is -2.16. The lowest BCUT2D eigenvalue weighted by molar-refractivity contribution is -0.142. The first kappa shape index (κ1) is 22.6. The normalized spacial score (nSPS) is 11.0. The molecule has 0 saturated heterocycles. The zero-order valence-electron chi connectivity index (χ0n) is 16.6. The second kappa shape index (κ2) is 10.3. The molecule has 0 radical (unpaired) electrons. The summed E-state index contributed by atoms with van der Waals surface area (Å²) in [6.45, 7) is 1.95. The highest BCUT2D eigenvalue weighted by Gasteiger charge is 2.14. The van der Waals surface area contributed by atoms with Gasteiger partial charge >= 0.3 is 11.9 Å². The van der Waals surface area contributed by atoms with Crippen LogP contribution in [0.2, 0.25) is 5.02 Å². The van der Waals surface area contributed by atoms with Crippen molar-refractivity contribution < 1.29 is 28.2 Å². The molecule has 0 fully saturated rings. The number of hydrogen-bond acceptors (Lipinski definition) is 7. The first-order valence-electron chi connectivity index (χ1n) is 9.09. The molecular weight excluding hydrogens is 492 g/mol. The van der Waals surface area contributed by atoms with E-state index in [1.54, 1.807) is 36.4 Å². The Labute approximate surface area is 191 Å². The Balaban J connectivity index is 1.73. The summed E-state index contributed by atoms with van der Waals surface area (Å²) in [5.41, 5.74) is 3.58. The topological polar surface area (TPSA) is 99.4 Å². The van der Waals surface area contributed by atoms with Gasteiger partial charge in [-0.2, -0.15) is 5.10 Å². The molecule has 31 heavy (non-hydrogen) atoms. The number of carbonyl (C=O) groups excluding carboxylic acids is 2. The number of carbonyl (C=O) groups is 2. The zero-order chi connectivity index (χ0) is 22.4. The summed E-state index contributed by atoms with van der Waals surface area (Å²) in [4.78, 5) is 23.7. The molecule has 162 valence electrons. The Morgan fingerprint density at radius 1 is 1.19 bits per heavy atom. The molecule has 0 atom stereocenters. The molecule has 1 N–H and O–H groups in total. The van der Waals surface area contributed by atoms with E-state index in [2.05, 4.69) is 31.2 Å². The largest absolute Gasteiger partial charge is 0.490 e. The maximum absolute atomic E-state index is 12.3. The van der Waals surface area contributed by atoms with E-state index < -0.39 is 11.9 Å². The number of benzene rings is 2. The summed E-state index contributed by atoms with van der Waals surface area (Å²) in [5, 5.41) is 5.24. The molecule has 0 aliphatic carbocycles. The van der Waals surface area contributed by atoms with Crippen molar-refractivity contribution in [2.24, 2.45) is 5.10 Å². The van der Waals surface area contributed by atoms with E-state index in [-0.39, 0.29) is 12.4 Å². The molecule has 1 amide bonds. The van der Waals surface area contributed by atoms with Crippen LogP contribution in [0.1, 0.15) is 23.0 Å². The average molecular weight is 510 g/mol.